The van der Waals surface area contributed by atoms with Gasteiger partial charge in [-0.1, -0.05) is 12.1 Å². The predicted octanol–water partition coefficient (Wildman–Crippen LogP) is 1.65. The van der Waals surface area contributed by atoms with Gasteiger partial charge in [0.25, 0.3) is 0 Å². The average molecular weight is 308 g/mol. The summed E-state index contributed by atoms with van der Waals surface area (Å²) in [6.45, 7) is 0.308. The molecule has 0 saturated carbocycles. The number of rotatable bonds is 7. The van der Waals surface area contributed by atoms with Gasteiger partial charge in [0.05, 0.1) is 0 Å². The van der Waals surface area contributed by atoms with Crippen LogP contribution < -0.4 is 15.4 Å². The van der Waals surface area contributed by atoms with Gasteiger partial charge >= 0.3 is 12.5 Å². The number of alkyl halides is 3. The monoisotopic (exact) mass is 308 g/mol. The van der Waals surface area contributed by atoms with Gasteiger partial charge in [-0.3, -0.25) is 5.32 Å². The number of nitrogens with one attached hydrogen (secondary N) is 2. The molecule has 0 saturated heterocycles. The first-order valence-corrected chi connectivity index (χ1v) is 5.99. The lowest BCUT2D eigenvalue weighted by atomic mass is 10.2. The highest BCUT2D eigenvalue weighted by molar-refractivity contribution is 5.64. The van der Waals surface area contributed by atoms with E-state index in [1.54, 1.807) is 0 Å². The standard InChI is InChI=1S/C12H15F3N2O4/c13-12(14,15)21-9-3-1-8(2-4-9)7-17-10(18)5-6-16-11(19)20/h1-4,10,16-18H,5-7H2,(H,19,20). The van der Waals surface area contributed by atoms with Crippen LogP contribution in [-0.4, -0.2) is 35.4 Å². The van der Waals surface area contributed by atoms with E-state index in [1.165, 1.54) is 24.3 Å². The van der Waals surface area contributed by atoms with Crippen LogP contribution >= 0.6 is 0 Å². The van der Waals surface area contributed by atoms with Crippen LogP contribution in [0.3, 0.4) is 0 Å². The Morgan fingerprint density at radius 2 is 1.90 bits per heavy atom. The van der Waals surface area contributed by atoms with Gasteiger partial charge < -0.3 is 20.3 Å². The SMILES string of the molecule is O=C(O)NCCC(O)NCc1ccc(OC(F)(F)F)cc1. The largest absolute Gasteiger partial charge is 0.573 e. The average Bonchev–Trinajstić information content (AvgIpc) is 2.35. The zero-order valence-electron chi connectivity index (χ0n) is 10.9. The molecular weight excluding hydrogens is 293 g/mol. The first-order valence-electron chi connectivity index (χ1n) is 5.99. The van der Waals surface area contributed by atoms with Crippen molar-refractivity contribution in [1.29, 1.82) is 0 Å². The van der Waals surface area contributed by atoms with Crippen LogP contribution in [0.4, 0.5) is 18.0 Å². The van der Waals surface area contributed by atoms with Crippen molar-refractivity contribution in [2.75, 3.05) is 6.54 Å². The minimum Gasteiger partial charge on any atom is -0.465 e. The highest BCUT2D eigenvalue weighted by Crippen LogP contribution is 2.22. The molecule has 0 aliphatic heterocycles. The summed E-state index contributed by atoms with van der Waals surface area (Å²) in [5.74, 6) is -0.322. The molecule has 4 N–H and O–H groups in total. The highest BCUT2D eigenvalue weighted by atomic mass is 19.4. The lowest BCUT2D eigenvalue weighted by molar-refractivity contribution is -0.274. The zero-order valence-corrected chi connectivity index (χ0v) is 10.9. The van der Waals surface area contributed by atoms with E-state index in [-0.39, 0.29) is 25.3 Å². The molecule has 0 aromatic heterocycles. The van der Waals surface area contributed by atoms with E-state index >= 15 is 0 Å². The summed E-state index contributed by atoms with van der Waals surface area (Å²) in [4.78, 5) is 10.2. The van der Waals surface area contributed by atoms with Crippen molar-refractivity contribution < 1.29 is 32.9 Å². The molecule has 118 valence electrons. The van der Waals surface area contributed by atoms with Crippen LogP contribution in [-0.2, 0) is 6.54 Å². The van der Waals surface area contributed by atoms with Gasteiger partial charge in [0.1, 0.15) is 12.0 Å². The molecule has 1 unspecified atom stereocenters. The molecule has 0 spiro atoms. The summed E-state index contributed by atoms with van der Waals surface area (Å²) in [6.07, 6.45) is -6.67. The normalized spacial score (nSPS) is 12.8. The Bertz CT molecular complexity index is 451. The topological polar surface area (TPSA) is 90.8 Å². The number of amides is 1. The molecule has 0 aliphatic carbocycles. The molecule has 9 heteroatoms. The first kappa shape index (κ1) is 17.1. The first-order chi connectivity index (χ1) is 9.76. The Morgan fingerprint density at radius 3 is 2.43 bits per heavy atom. The third-order valence-corrected chi connectivity index (χ3v) is 2.39. The molecule has 0 aliphatic rings. The summed E-state index contributed by atoms with van der Waals surface area (Å²) in [5, 5.41) is 22.6. The summed E-state index contributed by atoms with van der Waals surface area (Å²) in [6, 6.07) is 5.19. The minimum absolute atomic E-state index is 0.0852. The molecule has 1 rings (SSSR count). The lowest BCUT2D eigenvalue weighted by Crippen LogP contribution is -2.33. The van der Waals surface area contributed by atoms with Crippen LogP contribution in [0.15, 0.2) is 24.3 Å². The molecule has 0 fully saturated rings. The molecule has 21 heavy (non-hydrogen) atoms. The summed E-state index contributed by atoms with van der Waals surface area (Å²) in [7, 11) is 0. The number of hydrogen-bond acceptors (Lipinski definition) is 4. The predicted molar refractivity (Wildman–Crippen MR) is 66.6 cm³/mol. The fourth-order valence-corrected chi connectivity index (χ4v) is 1.46. The van der Waals surface area contributed by atoms with E-state index in [0.29, 0.717) is 5.56 Å². The Morgan fingerprint density at radius 1 is 1.29 bits per heavy atom. The van der Waals surface area contributed by atoms with Gasteiger partial charge in [-0.15, -0.1) is 13.2 Å². The number of halogens is 3. The number of carbonyl (C=O) groups is 1. The van der Waals surface area contributed by atoms with E-state index in [1.807, 2.05) is 0 Å². The van der Waals surface area contributed by atoms with E-state index in [2.05, 4.69) is 15.4 Å². The second-order valence-corrected chi connectivity index (χ2v) is 4.11. The summed E-state index contributed by atoms with van der Waals surface area (Å²) in [5.41, 5.74) is 0.648. The van der Waals surface area contributed by atoms with Crippen molar-refractivity contribution >= 4 is 6.09 Å². The quantitative estimate of drug-likeness (QED) is 0.575. The van der Waals surface area contributed by atoms with Crippen molar-refractivity contribution in [3.05, 3.63) is 29.8 Å². The smallest absolute Gasteiger partial charge is 0.465 e. The van der Waals surface area contributed by atoms with Crippen LogP contribution in [0.2, 0.25) is 0 Å². The third kappa shape index (κ3) is 8.00. The second-order valence-electron chi connectivity index (χ2n) is 4.11. The van der Waals surface area contributed by atoms with Gasteiger partial charge in [-0.25, -0.2) is 4.79 Å². The number of carboxylic acid groups (broad SMARTS) is 1. The number of ether oxygens (including phenoxy) is 1. The maximum atomic E-state index is 12.0. The Labute approximate surface area is 118 Å². The zero-order chi connectivity index (χ0) is 15.9. The number of aliphatic hydroxyl groups excluding tert-OH is 1. The van der Waals surface area contributed by atoms with Crippen LogP contribution in [0.25, 0.3) is 0 Å². The van der Waals surface area contributed by atoms with Crippen LogP contribution in [0, 0.1) is 0 Å². The van der Waals surface area contributed by atoms with Crippen LogP contribution in [0.1, 0.15) is 12.0 Å². The Kier molecular flexibility index (Phi) is 6.25. The number of benzene rings is 1. The van der Waals surface area contributed by atoms with Crippen molar-refractivity contribution in [3.8, 4) is 5.75 Å². The van der Waals surface area contributed by atoms with Gasteiger partial charge in [0.2, 0.25) is 0 Å². The van der Waals surface area contributed by atoms with Gasteiger partial charge in [-0.2, -0.15) is 0 Å². The summed E-state index contributed by atoms with van der Waals surface area (Å²) < 4.78 is 39.6. The van der Waals surface area contributed by atoms with Crippen LogP contribution in [0.5, 0.6) is 5.75 Å². The maximum Gasteiger partial charge on any atom is 0.573 e. The molecule has 1 amide bonds. The fraction of sp³-hybridized carbons (Fsp3) is 0.417. The molecule has 1 aromatic rings. The Balaban J connectivity index is 2.33. The van der Waals surface area contributed by atoms with Gasteiger partial charge in [-0.05, 0) is 17.7 Å². The van der Waals surface area contributed by atoms with E-state index < -0.39 is 18.7 Å². The van der Waals surface area contributed by atoms with E-state index in [4.69, 9.17) is 5.11 Å². The molecule has 0 radical (unpaired) electrons. The molecule has 1 aromatic carbocycles. The van der Waals surface area contributed by atoms with Crippen molar-refractivity contribution in [2.24, 2.45) is 0 Å². The molecular formula is C12H15F3N2O4. The Hall–Kier alpha value is -2.00. The molecule has 0 bridgehead atoms. The minimum atomic E-state index is -4.73. The lowest BCUT2D eigenvalue weighted by Gasteiger charge is -2.13. The number of hydrogen-bond donors (Lipinski definition) is 4. The molecule has 1 atom stereocenters. The maximum absolute atomic E-state index is 12.0. The third-order valence-electron chi connectivity index (χ3n) is 2.39. The van der Waals surface area contributed by atoms with Crippen molar-refractivity contribution in [2.45, 2.75) is 25.6 Å². The van der Waals surface area contributed by atoms with Gasteiger partial charge in [0.15, 0.2) is 0 Å². The van der Waals surface area contributed by atoms with E-state index in [0.717, 1.165) is 0 Å². The van der Waals surface area contributed by atoms with E-state index in [9.17, 15) is 23.1 Å². The second kappa shape index (κ2) is 7.70. The van der Waals surface area contributed by atoms with Crippen molar-refractivity contribution in [3.63, 3.8) is 0 Å². The molecule has 0 heterocycles. The van der Waals surface area contributed by atoms with Gasteiger partial charge in [0, 0.05) is 19.5 Å². The number of aliphatic hydroxyl groups is 1. The summed E-state index contributed by atoms with van der Waals surface area (Å²) >= 11 is 0. The highest BCUT2D eigenvalue weighted by Gasteiger charge is 2.30. The molecule has 6 nitrogen and oxygen atoms in total. The van der Waals surface area contributed by atoms with Crippen molar-refractivity contribution in [1.82, 2.24) is 10.6 Å². The fourth-order valence-electron chi connectivity index (χ4n) is 1.46.